The maximum absolute atomic E-state index is 14.7. The van der Waals surface area contributed by atoms with Gasteiger partial charge in [-0.1, -0.05) is 93.1 Å². The van der Waals surface area contributed by atoms with Crippen molar-refractivity contribution in [2.75, 3.05) is 68.7 Å². The van der Waals surface area contributed by atoms with Crippen LogP contribution in [0.4, 0.5) is 4.53 Å². The van der Waals surface area contributed by atoms with Gasteiger partial charge in [-0.3, -0.25) is 9.05 Å². The molecular formula is C50H72FN2O10P. The fourth-order valence-corrected chi connectivity index (χ4v) is 8.11. The number of phosphoric acid groups is 1. The highest BCUT2D eigenvalue weighted by atomic mass is 31.2. The predicted molar refractivity (Wildman–Crippen MR) is 250 cm³/mol. The summed E-state index contributed by atoms with van der Waals surface area (Å²) in [7, 11) is 6.06. The van der Waals surface area contributed by atoms with Crippen molar-refractivity contribution in [3.63, 3.8) is 0 Å². The van der Waals surface area contributed by atoms with Gasteiger partial charge in [0.1, 0.15) is 48.4 Å². The Morgan fingerprint density at radius 3 is 1.34 bits per heavy atom. The van der Waals surface area contributed by atoms with Gasteiger partial charge in [0.05, 0.1) is 14.2 Å². The van der Waals surface area contributed by atoms with Gasteiger partial charge >= 0.3 is 7.82 Å². The predicted octanol–water partition coefficient (Wildman–Crippen LogP) is 10.4. The van der Waals surface area contributed by atoms with Crippen molar-refractivity contribution in [1.29, 1.82) is 0 Å². The van der Waals surface area contributed by atoms with Crippen LogP contribution in [0.1, 0.15) is 62.8 Å². The number of ether oxygens (including phenoxy) is 6. The molecule has 64 heavy (non-hydrogen) atoms. The van der Waals surface area contributed by atoms with Crippen molar-refractivity contribution in [1.82, 2.24) is 9.80 Å². The highest BCUT2D eigenvalue weighted by Gasteiger charge is 2.41. The van der Waals surface area contributed by atoms with Crippen LogP contribution in [0.3, 0.4) is 0 Å². The topological polar surface area (TPSA) is 107 Å². The third-order valence-electron chi connectivity index (χ3n) is 11.0. The molecule has 14 heteroatoms. The smallest absolute Gasteiger partial charge is 0.497 e. The number of aryl methyl sites for hydroxylation is 4. The minimum absolute atomic E-state index is 0.140. The molecule has 0 saturated heterocycles. The lowest BCUT2D eigenvalue weighted by atomic mass is 10.0. The van der Waals surface area contributed by atoms with E-state index in [0.29, 0.717) is 25.9 Å². The minimum atomic E-state index is -4.93. The van der Waals surface area contributed by atoms with Crippen LogP contribution in [-0.4, -0.2) is 103 Å². The first-order valence-corrected chi connectivity index (χ1v) is 23.8. The third-order valence-corrected chi connectivity index (χ3v) is 12.1. The zero-order valence-corrected chi connectivity index (χ0v) is 40.5. The summed E-state index contributed by atoms with van der Waals surface area (Å²) < 4.78 is 81.6. The normalized spacial score (nSPS) is 14.8. The molecule has 0 aliphatic rings. The van der Waals surface area contributed by atoms with E-state index in [1.54, 1.807) is 14.2 Å². The highest BCUT2D eigenvalue weighted by Crippen LogP contribution is 2.54. The molecule has 4 aromatic rings. The number of likely N-dealkylation sites (N-methyl/N-ethyl adjacent to an activating group) is 2. The first-order valence-electron chi connectivity index (χ1n) is 22.3. The monoisotopic (exact) mass is 910 g/mol. The number of nitrogens with zero attached hydrogens (tertiary/aromatic N) is 2. The summed E-state index contributed by atoms with van der Waals surface area (Å²) in [4.78, 5) is 3.91. The summed E-state index contributed by atoms with van der Waals surface area (Å²) >= 11 is 0. The maximum atomic E-state index is 14.7. The Kier molecular flexibility index (Phi) is 22.5. The van der Waals surface area contributed by atoms with Gasteiger partial charge in [0.15, 0.2) is 12.6 Å². The quantitative estimate of drug-likeness (QED) is 0.0354. The first kappa shape index (κ1) is 52.6. The fraction of sp³-hybridized carbons (Fsp3) is 0.520. The van der Waals surface area contributed by atoms with Crippen molar-refractivity contribution >= 4 is 7.82 Å². The standard InChI is InChI=1S/C50H72FN2O10P/c1-11-37(3)49(59-45(33-52(5)6)35-57-47-25-15-13-21-41(47)29-27-39-19-17-23-43(31-39)55-9)61-64(54,63-51)62-50(38(4)12-2)60-46(34-53(7)8)36-58-48-26-16-14-22-42(48)30-28-40-20-18-24-44(32-40)56-10/h13-26,31-32,37-38,45-46,49-50H,11-12,27-30,33-36H2,1-10H3/t37-,38-,45-,46-,49-,50-/m1/s1. The Morgan fingerprint density at radius 2 is 0.984 bits per heavy atom. The molecule has 12 nitrogen and oxygen atoms in total. The van der Waals surface area contributed by atoms with Crippen molar-refractivity contribution in [2.45, 2.75) is 91.0 Å². The van der Waals surface area contributed by atoms with Gasteiger partial charge in [0, 0.05) is 24.9 Å². The first-order chi connectivity index (χ1) is 30.8. The van der Waals surface area contributed by atoms with E-state index in [1.165, 1.54) is 0 Å². The van der Waals surface area contributed by atoms with Crippen molar-refractivity contribution < 1.29 is 51.3 Å². The van der Waals surface area contributed by atoms with Crippen LogP contribution in [-0.2, 0) is 53.5 Å². The molecule has 4 rings (SSSR count). The molecule has 0 aromatic heterocycles. The molecule has 0 amide bonds. The number of hydrogen-bond acceptors (Lipinski definition) is 12. The van der Waals surface area contributed by atoms with E-state index in [2.05, 4.69) is 16.9 Å². The number of para-hydroxylation sites is 2. The molecule has 0 fully saturated rings. The van der Waals surface area contributed by atoms with Crippen LogP contribution in [0.15, 0.2) is 97.1 Å². The summed E-state index contributed by atoms with van der Waals surface area (Å²) in [5.41, 5.74) is 4.38. The molecule has 354 valence electrons. The van der Waals surface area contributed by atoms with E-state index < -0.39 is 32.6 Å². The molecule has 0 heterocycles. The molecule has 6 atom stereocenters. The van der Waals surface area contributed by atoms with Crippen LogP contribution in [0.5, 0.6) is 23.0 Å². The number of rotatable bonds is 31. The molecule has 0 unspecified atom stereocenters. The van der Waals surface area contributed by atoms with Crippen LogP contribution >= 0.6 is 7.82 Å². The molecule has 4 aromatic carbocycles. The number of hydrogen-bond donors (Lipinski definition) is 0. The Hall–Kier alpha value is -4.04. The van der Waals surface area contributed by atoms with E-state index in [4.69, 9.17) is 37.5 Å². The number of phosphoric ester groups is 1. The van der Waals surface area contributed by atoms with E-state index in [0.717, 1.165) is 70.9 Å². The molecular weight excluding hydrogens is 839 g/mol. The average molecular weight is 911 g/mol. The molecule has 0 aliphatic carbocycles. The Morgan fingerprint density at radius 1 is 0.578 bits per heavy atom. The number of methoxy groups -OCH3 is 2. The molecule has 0 spiro atoms. The number of benzene rings is 4. The Labute approximate surface area is 381 Å². The van der Waals surface area contributed by atoms with Crippen LogP contribution in [0, 0.1) is 11.8 Å². The van der Waals surface area contributed by atoms with Gasteiger partial charge in [-0.15, -0.1) is 0 Å². The lowest BCUT2D eigenvalue weighted by Crippen LogP contribution is -2.40. The van der Waals surface area contributed by atoms with Crippen LogP contribution < -0.4 is 18.9 Å². The van der Waals surface area contributed by atoms with E-state index in [9.17, 15) is 9.09 Å². The Balaban J connectivity index is 1.47. The lowest BCUT2D eigenvalue weighted by molar-refractivity contribution is -0.209. The zero-order chi connectivity index (χ0) is 46.5. The summed E-state index contributed by atoms with van der Waals surface area (Å²) in [6.07, 6.45) is 0.686. The van der Waals surface area contributed by atoms with Crippen LogP contribution in [0.25, 0.3) is 0 Å². The van der Waals surface area contributed by atoms with Gasteiger partial charge in [0.2, 0.25) is 0 Å². The number of halogens is 1. The SMILES string of the molecule is CC[C@@H](C)[C@H](O[C@@H](COc1ccccc1CCc1cccc(OC)c1)CN(C)C)OP(=O)(OF)O[C@@H](O[C@@H](COc1ccccc1CCc1cccc(OC)c1)CN(C)C)[C@H](C)CC. The van der Waals surface area contributed by atoms with Gasteiger partial charge in [-0.2, -0.15) is 0 Å². The summed E-state index contributed by atoms with van der Waals surface area (Å²) in [5, 5.41) is 0. The molecule has 0 N–H and O–H groups in total. The van der Waals surface area contributed by atoms with Gasteiger partial charge < -0.3 is 38.2 Å². The van der Waals surface area contributed by atoms with Crippen molar-refractivity contribution in [3.05, 3.63) is 119 Å². The van der Waals surface area contributed by atoms with E-state index >= 15 is 0 Å². The summed E-state index contributed by atoms with van der Waals surface area (Å²) in [6, 6.07) is 31.8. The van der Waals surface area contributed by atoms with E-state index in [1.807, 2.05) is 151 Å². The molecule has 0 bridgehead atoms. The highest BCUT2D eigenvalue weighted by molar-refractivity contribution is 7.48. The van der Waals surface area contributed by atoms with Crippen molar-refractivity contribution in [2.24, 2.45) is 11.8 Å². The minimum Gasteiger partial charge on any atom is -0.497 e. The fourth-order valence-electron chi connectivity index (χ4n) is 6.97. The van der Waals surface area contributed by atoms with Gasteiger partial charge in [-0.05, 0) is 130 Å². The van der Waals surface area contributed by atoms with Gasteiger partial charge in [-0.25, -0.2) is 4.57 Å². The van der Waals surface area contributed by atoms with Crippen molar-refractivity contribution in [3.8, 4) is 23.0 Å². The second kappa shape index (κ2) is 27.4. The van der Waals surface area contributed by atoms with E-state index in [-0.39, 0.29) is 25.0 Å². The summed E-state index contributed by atoms with van der Waals surface area (Å²) in [5.74, 6) is 2.40. The second-order valence-corrected chi connectivity index (χ2v) is 18.3. The second-order valence-electron chi connectivity index (χ2n) is 16.8. The lowest BCUT2D eigenvalue weighted by Gasteiger charge is -2.34. The Bertz CT molecular complexity index is 1850. The molecule has 0 aliphatic heterocycles. The zero-order valence-electron chi connectivity index (χ0n) is 39.6. The van der Waals surface area contributed by atoms with Gasteiger partial charge in [0.25, 0.3) is 0 Å². The van der Waals surface area contributed by atoms with Crippen LogP contribution in [0.2, 0.25) is 0 Å². The maximum Gasteiger partial charge on any atom is 0.510 e. The third kappa shape index (κ3) is 17.7. The summed E-state index contributed by atoms with van der Waals surface area (Å²) in [6.45, 7) is 8.76. The molecule has 0 saturated carbocycles. The average Bonchev–Trinajstić information content (AvgIpc) is 3.30. The largest absolute Gasteiger partial charge is 0.510 e. The molecule has 0 radical (unpaired) electrons.